The minimum absolute atomic E-state index is 0.481. The van der Waals surface area contributed by atoms with E-state index in [-0.39, 0.29) is 0 Å². The highest BCUT2D eigenvalue weighted by atomic mass is 15.5. The zero-order valence-corrected chi connectivity index (χ0v) is 6.75. The highest BCUT2D eigenvalue weighted by Crippen LogP contribution is 2.21. The van der Waals surface area contributed by atoms with Crippen LogP contribution in [0.25, 0.3) is 5.69 Å². The number of rotatable bonds is 1. The summed E-state index contributed by atoms with van der Waals surface area (Å²) in [6.07, 6.45) is 1.46. The maximum atomic E-state index is 5.73. The van der Waals surface area contributed by atoms with Crippen LogP contribution in [0.1, 0.15) is 0 Å². The van der Waals surface area contributed by atoms with Crippen molar-refractivity contribution in [3.8, 4) is 5.69 Å². The molecule has 0 saturated carbocycles. The molecule has 6 heteroatoms. The Bertz CT molecular complexity index is 407. The van der Waals surface area contributed by atoms with E-state index in [4.69, 9.17) is 11.5 Å². The van der Waals surface area contributed by atoms with Crippen LogP contribution in [0, 0.1) is 0 Å². The molecule has 1 aromatic heterocycles. The predicted octanol–water partition coefficient (Wildman–Crippen LogP) is -0.173. The maximum Gasteiger partial charge on any atom is 0.143 e. The summed E-state index contributed by atoms with van der Waals surface area (Å²) in [5, 5.41) is 10.7. The van der Waals surface area contributed by atoms with Gasteiger partial charge >= 0.3 is 0 Å². The number of aromatic nitrogens is 4. The van der Waals surface area contributed by atoms with Crippen molar-refractivity contribution in [2.45, 2.75) is 0 Å². The van der Waals surface area contributed by atoms with Crippen LogP contribution in [0.3, 0.4) is 0 Å². The highest BCUT2D eigenvalue weighted by Gasteiger charge is 2.04. The summed E-state index contributed by atoms with van der Waals surface area (Å²) in [7, 11) is 0. The third-order valence-corrected chi connectivity index (χ3v) is 1.71. The van der Waals surface area contributed by atoms with Gasteiger partial charge in [-0.2, -0.15) is 4.68 Å². The molecule has 0 fully saturated rings. The van der Waals surface area contributed by atoms with E-state index in [0.717, 1.165) is 0 Å². The Labute approximate surface area is 74.2 Å². The summed E-state index contributed by atoms with van der Waals surface area (Å²) >= 11 is 0. The third kappa shape index (κ3) is 1.18. The number of anilines is 2. The average molecular weight is 176 g/mol. The van der Waals surface area contributed by atoms with Gasteiger partial charge < -0.3 is 11.5 Å². The van der Waals surface area contributed by atoms with Crippen LogP contribution in [-0.4, -0.2) is 20.2 Å². The first-order valence-electron chi connectivity index (χ1n) is 3.66. The zero-order chi connectivity index (χ0) is 9.26. The van der Waals surface area contributed by atoms with Crippen molar-refractivity contribution in [2.75, 3.05) is 11.5 Å². The summed E-state index contributed by atoms with van der Waals surface area (Å²) in [5.74, 6) is 0. The van der Waals surface area contributed by atoms with Gasteiger partial charge in [-0.1, -0.05) is 6.07 Å². The standard InChI is InChI=1S/C7H8N6/c8-5-2-1-3-6(7(5)9)13-4-10-11-12-13/h1-4H,8-9H2. The van der Waals surface area contributed by atoms with Gasteiger partial charge in [0.2, 0.25) is 0 Å². The molecule has 2 aromatic rings. The molecule has 0 aliphatic carbocycles. The molecule has 1 heterocycles. The number of para-hydroxylation sites is 1. The Morgan fingerprint density at radius 2 is 2.08 bits per heavy atom. The van der Waals surface area contributed by atoms with Crippen LogP contribution in [0.5, 0.6) is 0 Å². The van der Waals surface area contributed by atoms with Crippen molar-refractivity contribution in [1.82, 2.24) is 20.2 Å². The first-order valence-corrected chi connectivity index (χ1v) is 3.66. The Balaban J connectivity index is 2.59. The van der Waals surface area contributed by atoms with Crippen LogP contribution in [0.15, 0.2) is 24.5 Å². The Hall–Kier alpha value is -2.11. The fraction of sp³-hybridized carbons (Fsp3) is 0. The van der Waals surface area contributed by atoms with Gasteiger partial charge in [0, 0.05) is 0 Å². The lowest BCUT2D eigenvalue weighted by molar-refractivity contribution is 0.791. The fourth-order valence-electron chi connectivity index (χ4n) is 1.04. The molecule has 6 nitrogen and oxygen atoms in total. The van der Waals surface area contributed by atoms with Gasteiger partial charge in [0.1, 0.15) is 6.33 Å². The third-order valence-electron chi connectivity index (χ3n) is 1.71. The summed E-state index contributed by atoms with van der Waals surface area (Å²) in [6, 6.07) is 5.31. The molecule has 0 saturated heterocycles. The van der Waals surface area contributed by atoms with E-state index in [0.29, 0.717) is 17.1 Å². The minimum Gasteiger partial charge on any atom is -0.397 e. The lowest BCUT2D eigenvalue weighted by atomic mass is 10.2. The number of nitrogens with zero attached hydrogens (tertiary/aromatic N) is 4. The molecule has 0 amide bonds. The van der Waals surface area contributed by atoms with Crippen LogP contribution in [-0.2, 0) is 0 Å². The van der Waals surface area contributed by atoms with Crippen molar-refractivity contribution in [2.24, 2.45) is 0 Å². The molecular formula is C7H8N6. The number of nitrogens with two attached hydrogens (primary N) is 2. The molecule has 4 N–H and O–H groups in total. The molecule has 0 spiro atoms. The second-order valence-corrected chi connectivity index (χ2v) is 2.53. The van der Waals surface area contributed by atoms with Crippen LogP contribution < -0.4 is 11.5 Å². The molecule has 0 aliphatic heterocycles. The number of hydrogen-bond donors (Lipinski definition) is 2. The molecule has 1 aromatic carbocycles. The van der Waals surface area contributed by atoms with E-state index < -0.39 is 0 Å². The van der Waals surface area contributed by atoms with Crippen LogP contribution in [0.2, 0.25) is 0 Å². The Kier molecular flexibility index (Phi) is 1.59. The smallest absolute Gasteiger partial charge is 0.143 e. The average Bonchev–Trinajstić information content (AvgIpc) is 2.62. The van der Waals surface area contributed by atoms with Crippen molar-refractivity contribution in [3.63, 3.8) is 0 Å². The second-order valence-electron chi connectivity index (χ2n) is 2.53. The largest absolute Gasteiger partial charge is 0.397 e. The number of benzene rings is 1. The van der Waals surface area contributed by atoms with E-state index in [9.17, 15) is 0 Å². The van der Waals surface area contributed by atoms with E-state index in [2.05, 4.69) is 15.5 Å². The van der Waals surface area contributed by atoms with E-state index >= 15 is 0 Å². The van der Waals surface area contributed by atoms with Crippen molar-refractivity contribution in [3.05, 3.63) is 24.5 Å². The Morgan fingerprint density at radius 3 is 2.77 bits per heavy atom. The van der Waals surface area contributed by atoms with Gasteiger partial charge in [0.25, 0.3) is 0 Å². The van der Waals surface area contributed by atoms with Gasteiger partial charge in [-0.3, -0.25) is 0 Å². The quantitative estimate of drug-likeness (QED) is 0.588. The number of hydrogen-bond acceptors (Lipinski definition) is 5. The van der Waals surface area contributed by atoms with Crippen molar-refractivity contribution in [1.29, 1.82) is 0 Å². The van der Waals surface area contributed by atoms with Crippen molar-refractivity contribution >= 4 is 11.4 Å². The molecule has 66 valence electrons. The minimum atomic E-state index is 0.481. The zero-order valence-electron chi connectivity index (χ0n) is 6.75. The first kappa shape index (κ1) is 7.53. The number of tetrazole rings is 1. The lowest BCUT2D eigenvalue weighted by Crippen LogP contribution is -2.03. The van der Waals surface area contributed by atoms with E-state index in [1.165, 1.54) is 11.0 Å². The van der Waals surface area contributed by atoms with Gasteiger partial charge in [0.15, 0.2) is 0 Å². The second kappa shape index (κ2) is 2.74. The molecule has 0 unspecified atom stereocenters. The summed E-state index contributed by atoms with van der Waals surface area (Å²) < 4.78 is 1.46. The van der Waals surface area contributed by atoms with Gasteiger partial charge in [-0.05, 0) is 22.6 Å². The normalized spacial score (nSPS) is 10.2. The fourth-order valence-corrected chi connectivity index (χ4v) is 1.04. The van der Waals surface area contributed by atoms with Gasteiger partial charge in [-0.25, -0.2) is 0 Å². The van der Waals surface area contributed by atoms with E-state index in [1.54, 1.807) is 18.2 Å². The summed E-state index contributed by atoms with van der Waals surface area (Å²) in [6.45, 7) is 0. The summed E-state index contributed by atoms with van der Waals surface area (Å²) in [5.41, 5.74) is 13.0. The summed E-state index contributed by atoms with van der Waals surface area (Å²) in [4.78, 5) is 0. The SMILES string of the molecule is Nc1cccc(-n2cnnn2)c1N. The monoisotopic (exact) mass is 176 g/mol. The van der Waals surface area contributed by atoms with E-state index in [1.807, 2.05) is 0 Å². The Morgan fingerprint density at radius 1 is 1.23 bits per heavy atom. The molecule has 13 heavy (non-hydrogen) atoms. The van der Waals surface area contributed by atoms with Crippen molar-refractivity contribution < 1.29 is 0 Å². The van der Waals surface area contributed by atoms with Crippen LogP contribution in [0.4, 0.5) is 11.4 Å². The molecule has 0 bridgehead atoms. The highest BCUT2D eigenvalue weighted by molar-refractivity contribution is 5.72. The lowest BCUT2D eigenvalue weighted by Gasteiger charge is -2.05. The molecule has 0 aliphatic rings. The topological polar surface area (TPSA) is 95.6 Å². The first-order chi connectivity index (χ1) is 6.29. The maximum absolute atomic E-state index is 5.73. The van der Waals surface area contributed by atoms with Gasteiger partial charge in [-0.15, -0.1) is 5.10 Å². The number of nitrogen functional groups attached to an aromatic ring is 2. The molecule has 0 atom stereocenters. The molecule has 2 rings (SSSR count). The van der Waals surface area contributed by atoms with Gasteiger partial charge in [0.05, 0.1) is 17.1 Å². The predicted molar refractivity (Wildman–Crippen MR) is 48.0 cm³/mol. The molecule has 0 radical (unpaired) electrons. The molecular weight excluding hydrogens is 168 g/mol. The van der Waals surface area contributed by atoms with Crippen LogP contribution >= 0.6 is 0 Å².